The number of para-hydroxylation sites is 1. The van der Waals surface area contributed by atoms with Crippen molar-refractivity contribution in [1.29, 1.82) is 0 Å². The molecule has 1 amide bonds. The number of amides is 1. The molecule has 3 aromatic rings. The zero-order valence-electron chi connectivity index (χ0n) is 14.0. The minimum Gasteiger partial charge on any atom is -0.361 e. The number of hydrogen-bond acceptors (Lipinski definition) is 2. The Morgan fingerprint density at radius 3 is 2.46 bits per heavy atom. The molecule has 1 aromatic heterocycles. The van der Waals surface area contributed by atoms with Gasteiger partial charge in [-0.1, -0.05) is 55.5 Å². The summed E-state index contributed by atoms with van der Waals surface area (Å²) in [5, 5.41) is 4.13. The average molecular weight is 321 g/mol. The van der Waals surface area contributed by atoms with E-state index >= 15 is 0 Å². The van der Waals surface area contributed by atoms with Crippen LogP contribution in [0.1, 0.15) is 37.1 Å². The predicted molar refractivity (Wildman–Crippen MR) is 97.4 cm³/mol. The van der Waals surface area contributed by atoms with E-state index < -0.39 is 0 Å². The molecular formula is C20H23N3O. The molecule has 0 radical (unpaired) electrons. The fraction of sp³-hybridized carbons (Fsp3) is 0.250. The van der Waals surface area contributed by atoms with Gasteiger partial charge in [0.25, 0.3) is 0 Å². The second-order valence-corrected chi connectivity index (χ2v) is 6.25. The summed E-state index contributed by atoms with van der Waals surface area (Å²) in [7, 11) is 0. The van der Waals surface area contributed by atoms with Gasteiger partial charge in [-0.25, -0.2) is 0 Å². The van der Waals surface area contributed by atoms with Gasteiger partial charge in [0.2, 0.25) is 5.91 Å². The SMILES string of the molecule is CC(NC(=O)C(C)C(N)c1c[nH]c2ccccc12)c1ccccc1. The van der Waals surface area contributed by atoms with Crippen LogP contribution in [0.5, 0.6) is 0 Å². The van der Waals surface area contributed by atoms with Gasteiger partial charge >= 0.3 is 0 Å². The van der Waals surface area contributed by atoms with Gasteiger partial charge < -0.3 is 16.0 Å². The largest absolute Gasteiger partial charge is 0.361 e. The van der Waals surface area contributed by atoms with E-state index in [-0.39, 0.29) is 23.9 Å². The first-order valence-electron chi connectivity index (χ1n) is 8.25. The minimum absolute atomic E-state index is 0.0378. The summed E-state index contributed by atoms with van der Waals surface area (Å²) < 4.78 is 0. The molecule has 0 fully saturated rings. The second-order valence-electron chi connectivity index (χ2n) is 6.25. The van der Waals surface area contributed by atoms with Gasteiger partial charge in [-0.2, -0.15) is 0 Å². The Hall–Kier alpha value is -2.59. The maximum absolute atomic E-state index is 12.6. The summed E-state index contributed by atoms with van der Waals surface area (Å²) in [5.74, 6) is -0.362. The number of nitrogens with two attached hydrogens (primary N) is 1. The topological polar surface area (TPSA) is 70.9 Å². The Bertz CT molecular complexity index is 825. The van der Waals surface area contributed by atoms with Crippen LogP contribution in [-0.2, 0) is 4.79 Å². The zero-order valence-corrected chi connectivity index (χ0v) is 14.0. The van der Waals surface area contributed by atoms with Crippen molar-refractivity contribution in [3.63, 3.8) is 0 Å². The first kappa shape index (κ1) is 16.3. The van der Waals surface area contributed by atoms with E-state index in [1.54, 1.807) is 0 Å². The van der Waals surface area contributed by atoms with Crippen molar-refractivity contribution in [2.75, 3.05) is 0 Å². The predicted octanol–water partition coefficient (Wildman–Crippen LogP) is 3.68. The number of H-pyrrole nitrogens is 1. The molecule has 4 nitrogen and oxygen atoms in total. The molecule has 0 aliphatic carbocycles. The van der Waals surface area contributed by atoms with E-state index in [0.29, 0.717) is 0 Å². The third kappa shape index (κ3) is 3.19. The van der Waals surface area contributed by atoms with Crippen molar-refractivity contribution in [3.8, 4) is 0 Å². The number of rotatable bonds is 5. The minimum atomic E-state index is -0.357. The van der Waals surface area contributed by atoms with Gasteiger partial charge in [-0.05, 0) is 24.1 Å². The number of hydrogen-bond donors (Lipinski definition) is 3. The molecule has 3 unspecified atom stereocenters. The Morgan fingerprint density at radius 1 is 1.04 bits per heavy atom. The molecule has 0 spiro atoms. The van der Waals surface area contributed by atoms with Crippen molar-refractivity contribution in [3.05, 3.63) is 71.9 Å². The number of fused-ring (bicyclic) bond motifs is 1. The lowest BCUT2D eigenvalue weighted by Gasteiger charge is -2.22. The molecule has 0 aliphatic rings. The highest BCUT2D eigenvalue weighted by Gasteiger charge is 2.25. The number of carbonyl (C=O) groups is 1. The van der Waals surface area contributed by atoms with Crippen LogP contribution >= 0.6 is 0 Å². The molecule has 0 saturated carbocycles. The Labute approximate surface area is 142 Å². The lowest BCUT2D eigenvalue weighted by Crippen LogP contribution is -2.36. The second kappa shape index (κ2) is 6.89. The van der Waals surface area contributed by atoms with E-state index in [0.717, 1.165) is 22.0 Å². The first-order valence-corrected chi connectivity index (χ1v) is 8.25. The number of nitrogens with one attached hydrogen (secondary N) is 2. The molecule has 3 rings (SSSR count). The number of aromatic nitrogens is 1. The highest BCUT2D eigenvalue weighted by molar-refractivity contribution is 5.85. The van der Waals surface area contributed by atoms with Gasteiger partial charge in [-0.3, -0.25) is 4.79 Å². The zero-order chi connectivity index (χ0) is 17.1. The third-order valence-electron chi connectivity index (χ3n) is 4.59. The van der Waals surface area contributed by atoms with Crippen molar-refractivity contribution in [2.24, 2.45) is 11.7 Å². The fourth-order valence-electron chi connectivity index (χ4n) is 2.97. The molecule has 2 aromatic carbocycles. The van der Waals surface area contributed by atoms with E-state index in [4.69, 9.17) is 5.73 Å². The van der Waals surface area contributed by atoms with Gasteiger partial charge in [0.1, 0.15) is 0 Å². The van der Waals surface area contributed by atoms with E-state index in [2.05, 4.69) is 10.3 Å². The van der Waals surface area contributed by atoms with Crippen molar-refractivity contribution in [2.45, 2.75) is 25.9 Å². The number of benzene rings is 2. The summed E-state index contributed by atoms with van der Waals surface area (Å²) in [6.07, 6.45) is 1.90. The van der Waals surface area contributed by atoms with Crippen LogP contribution in [0, 0.1) is 5.92 Å². The molecular weight excluding hydrogens is 298 g/mol. The van der Waals surface area contributed by atoms with Crippen LogP contribution in [0.2, 0.25) is 0 Å². The molecule has 0 bridgehead atoms. The molecule has 3 atom stereocenters. The number of carbonyl (C=O) groups excluding carboxylic acids is 1. The van der Waals surface area contributed by atoms with Crippen LogP contribution in [0.4, 0.5) is 0 Å². The lowest BCUT2D eigenvalue weighted by molar-refractivity contribution is -0.125. The van der Waals surface area contributed by atoms with Crippen LogP contribution in [0.15, 0.2) is 60.8 Å². The van der Waals surface area contributed by atoms with Crippen molar-refractivity contribution in [1.82, 2.24) is 10.3 Å². The third-order valence-corrected chi connectivity index (χ3v) is 4.59. The highest BCUT2D eigenvalue weighted by atomic mass is 16.1. The van der Waals surface area contributed by atoms with E-state index in [1.807, 2.05) is 74.6 Å². The molecule has 0 saturated heterocycles. The Morgan fingerprint density at radius 2 is 1.71 bits per heavy atom. The summed E-state index contributed by atoms with van der Waals surface area (Å²) >= 11 is 0. The Balaban J connectivity index is 1.73. The number of aromatic amines is 1. The quantitative estimate of drug-likeness (QED) is 0.671. The molecule has 0 aliphatic heterocycles. The molecule has 24 heavy (non-hydrogen) atoms. The maximum Gasteiger partial charge on any atom is 0.225 e. The molecule has 4 heteroatoms. The van der Waals surface area contributed by atoms with Crippen LogP contribution in [0.25, 0.3) is 10.9 Å². The van der Waals surface area contributed by atoms with Gasteiger partial charge in [0.15, 0.2) is 0 Å². The van der Waals surface area contributed by atoms with Crippen LogP contribution < -0.4 is 11.1 Å². The van der Waals surface area contributed by atoms with Gasteiger partial charge in [0.05, 0.1) is 12.0 Å². The molecule has 1 heterocycles. The smallest absolute Gasteiger partial charge is 0.225 e. The summed E-state index contributed by atoms with van der Waals surface area (Å²) in [5.41, 5.74) is 9.47. The molecule has 4 N–H and O–H groups in total. The maximum atomic E-state index is 12.6. The van der Waals surface area contributed by atoms with Gasteiger partial charge in [-0.15, -0.1) is 0 Å². The normalized spacial score (nSPS) is 15.0. The summed E-state index contributed by atoms with van der Waals surface area (Å²) in [4.78, 5) is 15.8. The van der Waals surface area contributed by atoms with Crippen LogP contribution in [0.3, 0.4) is 0 Å². The van der Waals surface area contributed by atoms with Gasteiger partial charge in [0, 0.05) is 23.1 Å². The van der Waals surface area contributed by atoms with Crippen LogP contribution in [-0.4, -0.2) is 10.9 Å². The summed E-state index contributed by atoms with van der Waals surface area (Å²) in [6, 6.07) is 17.5. The average Bonchev–Trinajstić information content (AvgIpc) is 3.05. The van der Waals surface area contributed by atoms with Crippen molar-refractivity contribution < 1.29 is 4.79 Å². The van der Waals surface area contributed by atoms with Crippen molar-refractivity contribution >= 4 is 16.8 Å². The van der Waals surface area contributed by atoms with E-state index in [1.165, 1.54) is 0 Å². The Kier molecular flexibility index (Phi) is 4.67. The summed E-state index contributed by atoms with van der Waals surface area (Å²) in [6.45, 7) is 3.86. The lowest BCUT2D eigenvalue weighted by atomic mass is 9.93. The monoisotopic (exact) mass is 321 g/mol. The first-order chi connectivity index (χ1) is 11.6. The standard InChI is InChI=1S/C20H23N3O/c1-13(20(24)23-14(2)15-8-4-3-5-9-15)19(21)17-12-22-18-11-7-6-10-16(17)18/h3-14,19,22H,21H2,1-2H3,(H,23,24). The fourth-order valence-corrected chi connectivity index (χ4v) is 2.97. The van der Waals surface area contributed by atoms with E-state index in [9.17, 15) is 4.79 Å². The molecule has 124 valence electrons. The highest BCUT2D eigenvalue weighted by Crippen LogP contribution is 2.27.